The maximum atomic E-state index is 13.0. The molecule has 0 unspecified atom stereocenters. The first-order valence-corrected chi connectivity index (χ1v) is 12.8. The van der Waals surface area contributed by atoms with Gasteiger partial charge in [-0.15, -0.1) is 0 Å². The Labute approximate surface area is 206 Å². The van der Waals surface area contributed by atoms with E-state index < -0.39 is 11.0 Å². The Kier molecular flexibility index (Phi) is 7.83. The largest absolute Gasteiger partial charge is 0.390 e. The van der Waals surface area contributed by atoms with Crippen molar-refractivity contribution in [2.75, 3.05) is 33.7 Å². The van der Waals surface area contributed by atoms with Gasteiger partial charge in [-0.05, 0) is 77.4 Å². The van der Waals surface area contributed by atoms with Crippen molar-refractivity contribution in [3.8, 4) is 0 Å². The molecular weight excluding hydrogens is 426 g/mol. The lowest BCUT2D eigenvalue weighted by atomic mass is 9.64. The summed E-state index contributed by atoms with van der Waals surface area (Å²) in [6.45, 7) is 9.24. The number of amides is 2. The summed E-state index contributed by atoms with van der Waals surface area (Å²) in [4.78, 5) is 30.0. The minimum atomic E-state index is -0.793. The second-order valence-electron chi connectivity index (χ2n) is 12.2. The summed E-state index contributed by atoms with van der Waals surface area (Å²) in [7, 11) is 4.34. The summed E-state index contributed by atoms with van der Waals surface area (Å²) in [6.07, 6.45) is 5.98. The van der Waals surface area contributed by atoms with Crippen molar-refractivity contribution < 1.29 is 14.7 Å². The molecule has 2 amide bonds. The highest BCUT2D eigenvalue weighted by Gasteiger charge is 2.50. The first-order chi connectivity index (χ1) is 15.8. The van der Waals surface area contributed by atoms with Crippen LogP contribution in [0.2, 0.25) is 0 Å². The lowest BCUT2D eigenvalue weighted by Gasteiger charge is -2.49. The van der Waals surface area contributed by atoms with E-state index in [4.69, 9.17) is 0 Å². The van der Waals surface area contributed by atoms with Crippen molar-refractivity contribution in [3.63, 3.8) is 0 Å². The van der Waals surface area contributed by atoms with Gasteiger partial charge in [0.1, 0.15) is 0 Å². The van der Waals surface area contributed by atoms with Crippen molar-refractivity contribution in [2.45, 2.75) is 83.8 Å². The molecular formula is C28H45N3O3. The van der Waals surface area contributed by atoms with Crippen LogP contribution in [-0.4, -0.2) is 66.1 Å². The molecule has 1 spiro atoms. The third-order valence-electron chi connectivity index (χ3n) is 8.35. The Morgan fingerprint density at radius 3 is 2.24 bits per heavy atom. The number of carbonyl (C=O) groups is 2. The second kappa shape index (κ2) is 9.98. The third-order valence-corrected chi connectivity index (χ3v) is 8.35. The van der Waals surface area contributed by atoms with Gasteiger partial charge in [-0.3, -0.25) is 14.5 Å². The fourth-order valence-corrected chi connectivity index (χ4v) is 5.71. The van der Waals surface area contributed by atoms with Crippen LogP contribution >= 0.6 is 0 Å². The van der Waals surface area contributed by atoms with E-state index in [1.54, 1.807) is 13.8 Å². The highest BCUT2D eigenvalue weighted by Crippen LogP contribution is 2.52. The standard InChI is InChI=1S/C28H45N3O3/c1-25(2,24(33)29-18-16-26(3,4)34)17-19-31-21-27(20-23(31)32)12-14-28(15-13-27,30(5)6)22-10-8-7-9-11-22/h7-11,34H,12-21H2,1-6H3,(H,29,33). The number of benzene rings is 1. The van der Waals surface area contributed by atoms with Crippen molar-refractivity contribution >= 4 is 11.8 Å². The molecule has 1 saturated carbocycles. The van der Waals surface area contributed by atoms with Gasteiger partial charge in [0.2, 0.25) is 11.8 Å². The predicted octanol–water partition coefficient (Wildman–Crippen LogP) is 3.93. The summed E-state index contributed by atoms with van der Waals surface area (Å²) in [5.74, 6) is 0.213. The highest BCUT2D eigenvalue weighted by molar-refractivity contribution is 5.82. The van der Waals surface area contributed by atoms with Crippen molar-refractivity contribution in [3.05, 3.63) is 35.9 Å². The van der Waals surface area contributed by atoms with Gasteiger partial charge >= 0.3 is 0 Å². The number of hydrogen-bond donors (Lipinski definition) is 2. The minimum Gasteiger partial charge on any atom is -0.390 e. The summed E-state index contributed by atoms with van der Waals surface area (Å²) in [6, 6.07) is 10.8. The van der Waals surface area contributed by atoms with E-state index >= 15 is 0 Å². The summed E-state index contributed by atoms with van der Waals surface area (Å²) in [5.41, 5.74) is 0.110. The lowest BCUT2D eigenvalue weighted by molar-refractivity contribution is -0.132. The molecule has 2 aliphatic rings. The van der Waals surface area contributed by atoms with Crippen LogP contribution in [0.25, 0.3) is 0 Å². The van der Waals surface area contributed by atoms with Gasteiger partial charge in [0.05, 0.1) is 5.60 Å². The maximum Gasteiger partial charge on any atom is 0.225 e. The predicted molar refractivity (Wildman–Crippen MR) is 136 cm³/mol. The van der Waals surface area contributed by atoms with Crippen LogP contribution < -0.4 is 5.32 Å². The number of nitrogens with zero attached hydrogens (tertiary/aromatic N) is 2. The number of aliphatic hydroxyl groups is 1. The van der Waals surface area contributed by atoms with Gasteiger partial charge in [0, 0.05) is 37.0 Å². The Bertz CT molecular complexity index is 849. The van der Waals surface area contributed by atoms with Crippen LogP contribution in [0.15, 0.2) is 30.3 Å². The zero-order chi connectivity index (χ0) is 25.2. The normalized spacial score (nSPS) is 25.9. The molecule has 0 radical (unpaired) electrons. The fourth-order valence-electron chi connectivity index (χ4n) is 5.71. The van der Waals surface area contributed by atoms with E-state index in [1.807, 2.05) is 18.7 Å². The van der Waals surface area contributed by atoms with E-state index in [0.29, 0.717) is 32.4 Å². The molecule has 6 nitrogen and oxygen atoms in total. The number of nitrogens with one attached hydrogen (secondary N) is 1. The molecule has 1 aliphatic carbocycles. The molecule has 1 heterocycles. The molecule has 34 heavy (non-hydrogen) atoms. The zero-order valence-electron chi connectivity index (χ0n) is 22.1. The molecule has 0 atom stereocenters. The van der Waals surface area contributed by atoms with E-state index in [2.05, 4.69) is 54.6 Å². The Morgan fingerprint density at radius 2 is 1.68 bits per heavy atom. The van der Waals surface area contributed by atoms with Gasteiger partial charge in [-0.2, -0.15) is 0 Å². The average molecular weight is 472 g/mol. The van der Waals surface area contributed by atoms with Crippen molar-refractivity contribution in [2.24, 2.45) is 10.8 Å². The van der Waals surface area contributed by atoms with Crippen LogP contribution in [0.5, 0.6) is 0 Å². The van der Waals surface area contributed by atoms with E-state index in [-0.39, 0.29) is 22.8 Å². The topological polar surface area (TPSA) is 72.9 Å². The van der Waals surface area contributed by atoms with Crippen LogP contribution in [-0.2, 0) is 15.1 Å². The molecule has 190 valence electrons. The zero-order valence-corrected chi connectivity index (χ0v) is 22.1. The first-order valence-electron chi connectivity index (χ1n) is 12.8. The molecule has 1 aromatic rings. The maximum absolute atomic E-state index is 13.0. The van der Waals surface area contributed by atoms with Gasteiger partial charge in [0.15, 0.2) is 0 Å². The number of carbonyl (C=O) groups excluding carboxylic acids is 2. The van der Waals surface area contributed by atoms with Crippen LogP contribution in [0.1, 0.15) is 78.2 Å². The molecule has 1 aromatic carbocycles. The van der Waals surface area contributed by atoms with Crippen LogP contribution in [0, 0.1) is 10.8 Å². The smallest absolute Gasteiger partial charge is 0.225 e. The van der Waals surface area contributed by atoms with Gasteiger partial charge in [-0.25, -0.2) is 0 Å². The molecule has 3 rings (SSSR count). The number of hydrogen-bond acceptors (Lipinski definition) is 4. The highest BCUT2D eigenvalue weighted by atomic mass is 16.3. The third kappa shape index (κ3) is 6.01. The van der Waals surface area contributed by atoms with E-state index in [0.717, 1.165) is 32.2 Å². The molecule has 2 N–H and O–H groups in total. The van der Waals surface area contributed by atoms with E-state index in [9.17, 15) is 14.7 Å². The minimum absolute atomic E-state index is 0.0191. The summed E-state index contributed by atoms with van der Waals surface area (Å²) in [5, 5.41) is 12.8. The van der Waals surface area contributed by atoms with Crippen LogP contribution in [0.4, 0.5) is 0 Å². The van der Waals surface area contributed by atoms with Gasteiger partial charge < -0.3 is 15.3 Å². The van der Waals surface area contributed by atoms with Gasteiger partial charge in [-0.1, -0.05) is 44.2 Å². The van der Waals surface area contributed by atoms with Crippen molar-refractivity contribution in [1.82, 2.24) is 15.1 Å². The molecule has 0 bridgehead atoms. The molecule has 6 heteroatoms. The Balaban J connectivity index is 1.56. The summed E-state index contributed by atoms with van der Waals surface area (Å²) >= 11 is 0. The lowest BCUT2D eigenvalue weighted by Crippen LogP contribution is -2.47. The SMILES string of the molecule is CN(C)C1(c2ccccc2)CCC2(CC1)CC(=O)N(CCC(C)(C)C(=O)NCCC(C)(C)O)C2. The Hall–Kier alpha value is -1.92. The van der Waals surface area contributed by atoms with E-state index in [1.165, 1.54) is 5.56 Å². The first kappa shape index (κ1) is 26.7. The fraction of sp³-hybridized carbons (Fsp3) is 0.714. The van der Waals surface area contributed by atoms with Crippen LogP contribution in [0.3, 0.4) is 0 Å². The number of rotatable bonds is 9. The molecule has 2 fully saturated rings. The monoisotopic (exact) mass is 471 g/mol. The number of likely N-dealkylation sites (tertiary alicyclic amines) is 1. The second-order valence-corrected chi connectivity index (χ2v) is 12.2. The van der Waals surface area contributed by atoms with Gasteiger partial charge in [0.25, 0.3) is 0 Å². The summed E-state index contributed by atoms with van der Waals surface area (Å²) < 4.78 is 0. The Morgan fingerprint density at radius 1 is 1.06 bits per heavy atom. The molecule has 1 aliphatic heterocycles. The molecule has 1 saturated heterocycles. The quantitative estimate of drug-likeness (QED) is 0.572. The average Bonchev–Trinajstić information content (AvgIpc) is 3.07. The molecule has 0 aromatic heterocycles. The van der Waals surface area contributed by atoms with Crippen molar-refractivity contribution in [1.29, 1.82) is 0 Å².